The highest BCUT2D eigenvalue weighted by atomic mass is 35.5. The predicted octanol–water partition coefficient (Wildman–Crippen LogP) is 3.84. The van der Waals surface area contributed by atoms with E-state index in [1.165, 1.54) is 12.1 Å². The fourth-order valence-electron chi connectivity index (χ4n) is 2.67. The normalized spacial score (nSPS) is 20.8. The number of carbonyl (C=O) groups is 1. The molecule has 0 saturated heterocycles. The van der Waals surface area contributed by atoms with Crippen LogP contribution in [0.3, 0.4) is 0 Å². The molecule has 5 nitrogen and oxygen atoms in total. The molecule has 1 aliphatic rings. The summed E-state index contributed by atoms with van der Waals surface area (Å²) in [5.74, 6) is 0.0350. The average molecular weight is 379 g/mol. The van der Waals surface area contributed by atoms with Crippen molar-refractivity contribution in [3.05, 3.63) is 27.2 Å². The molecule has 4 N–H and O–H groups in total. The van der Waals surface area contributed by atoms with E-state index in [0.29, 0.717) is 17.5 Å². The summed E-state index contributed by atoms with van der Waals surface area (Å²) in [4.78, 5) is 12.3. The number of benzene rings is 1. The zero-order valence-corrected chi connectivity index (χ0v) is 14.6. The van der Waals surface area contributed by atoms with Gasteiger partial charge in [0, 0.05) is 11.6 Å². The monoisotopic (exact) mass is 377 g/mol. The molecule has 0 amide bonds. The highest BCUT2D eigenvalue weighted by Gasteiger charge is 2.28. The Morgan fingerprint density at radius 3 is 2.30 bits per heavy atom. The summed E-state index contributed by atoms with van der Waals surface area (Å²) >= 11 is 17.9. The molecule has 23 heavy (non-hydrogen) atoms. The van der Waals surface area contributed by atoms with Crippen LogP contribution in [0.25, 0.3) is 0 Å². The van der Waals surface area contributed by atoms with Gasteiger partial charge in [-0.2, -0.15) is 0 Å². The number of rotatable bonds is 4. The molecule has 0 heterocycles. The van der Waals surface area contributed by atoms with E-state index in [-0.39, 0.29) is 33.6 Å². The summed E-state index contributed by atoms with van der Waals surface area (Å²) in [7, 11) is 0. The van der Waals surface area contributed by atoms with Gasteiger partial charge in [-0.15, -0.1) is 0 Å². The van der Waals surface area contributed by atoms with Crippen molar-refractivity contribution in [3.63, 3.8) is 0 Å². The zero-order chi connectivity index (χ0) is 17.0. The lowest BCUT2D eigenvalue weighted by atomic mass is 9.82. The minimum Gasteiger partial charge on any atom is -0.423 e. The first-order valence-corrected chi connectivity index (χ1v) is 8.44. The van der Waals surface area contributed by atoms with Gasteiger partial charge in [0.1, 0.15) is 0 Å². The van der Waals surface area contributed by atoms with Crippen LogP contribution in [0.5, 0.6) is 5.75 Å². The zero-order valence-electron chi connectivity index (χ0n) is 12.4. The van der Waals surface area contributed by atoms with Crippen LogP contribution in [-0.4, -0.2) is 18.5 Å². The molecular formula is C15H18Cl3N3O2. The van der Waals surface area contributed by atoms with Crippen LogP contribution in [-0.2, 0) is 4.79 Å². The lowest BCUT2D eigenvalue weighted by molar-refractivity contribution is -0.140. The molecule has 0 unspecified atom stereocenters. The Bertz CT molecular complexity index is 579. The van der Waals surface area contributed by atoms with Gasteiger partial charge >= 0.3 is 5.97 Å². The summed E-state index contributed by atoms with van der Waals surface area (Å²) in [6, 6.07) is 2.98. The quantitative estimate of drug-likeness (QED) is 0.321. The Morgan fingerprint density at radius 1 is 1.22 bits per heavy atom. The molecule has 126 valence electrons. The van der Waals surface area contributed by atoms with Crippen molar-refractivity contribution in [3.8, 4) is 5.75 Å². The molecule has 1 aliphatic carbocycles. The van der Waals surface area contributed by atoms with Gasteiger partial charge in [-0.25, -0.2) is 0 Å². The van der Waals surface area contributed by atoms with E-state index in [0.717, 1.165) is 25.7 Å². The molecule has 1 aromatic rings. The smallest absolute Gasteiger partial charge is 0.314 e. The van der Waals surface area contributed by atoms with Crippen molar-refractivity contribution in [2.24, 2.45) is 17.6 Å². The maximum atomic E-state index is 12.3. The first-order chi connectivity index (χ1) is 10.9. The predicted molar refractivity (Wildman–Crippen MR) is 92.5 cm³/mol. The Labute approximate surface area is 149 Å². The molecule has 1 aromatic carbocycles. The lowest BCUT2D eigenvalue weighted by Gasteiger charge is -2.27. The molecule has 0 radical (unpaired) electrons. The number of halogens is 3. The molecule has 0 aliphatic heterocycles. The summed E-state index contributed by atoms with van der Waals surface area (Å²) in [5.41, 5.74) is 5.27. The standard InChI is InChI=1S/C15H18Cl3N3O2/c16-10-5-11(17)13(12(18)6-10)23-14(22)9-3-1-8(2-4-9)7-21-15(19)20/h5-6,8-9H,1-4,7H2,(H4,19,20,21)/t8-,9-. The molecular weight excluding hydrogens is 361 g/mol. The fourth-order valence-corrected chi connectivity index (χ4v) is 3.56. The van der Waals surface area contributed by atoms with Gasteiger partial charge in [-0.05, 0) is 43.7 Å². The van der Waals surface area contributed by atoms with Gasteiger partial charge < -0.3 is 15.8 Å². The third-order valence-electron chi connectivity index (χ3n) is 3.93. The first-order valence-electron chi connectivity index (χ1n) is 7.31. The number of nitrogens with one attached hydrogen (secondary N) is 2. The van der Waals surface area contributed by atoms with E-state index in [1.54, 1.807) is 0 Å². The Kier molecular flexibility index (Phi) is 6.39. The Balaban J connectivity index is 1.90. The van der Waals surface area contributed by atoms with Crippen LogP contribution in [0.1, 0.15) is 25.7 Å². The van der Waals surface area contributed by atoms with Crippen molar-refractivity contribution in [2.45, 2.75) is 25.7 Å². The third kappa shape index (κ3) is 5.16. The molecule has 0 bridgehead atoms. The molecule has 2 rings (SSSR count). The topological polar surface area (TPSA) is 88.2 Å². The molecule has 1 saturated carbocycles. The highest BCUT2D eigenvalue weighted by molar-refractivity contribution is 6.40. The second-order valence-corrected chi connectivity index (χ2v) is 6.88. The van der Waals surface area contributed by atoms with E-state index < -0.39 is 0 Å². The molecule has 0 aromatic heterocycles. The van der Waals surface area contributed by atoms with Crippen molar-refractivity contribution in [1.82, 2.24) is 5.32 Å². The third-order valence-corrected chi connectivity index (χ3v) is 4.71. The largest absolute Gasteiger partial charge is 0.423 e. The molecule has 0 atom stereocenters. The van der Waals surface area contributed by atoms with Crippen molar-refractivity contribution in [1.29, 1.82) is 5.41 Å². The number of esters is 1. The lowest BCUT2D eigenvalue weighted by Crippen LogP contribution is -2.36. The average Bonchev–Trinajstić information content (AvgIpc) is 2.49. The van der Waals surface area contributed by atoms with E-state index in [4.69, 9.17) is 50.7 Å². The Morgan fingerprint density at radius 2 is 1.78 bits per heavy atom. The number of nitrogens with two attached hydrogens (primary N) is 1. The van der Waals surface area contributed by atoms with E-state index in [9.17, 15) is 4.79 Å². The van der Waals surface area contributed by atoms with Crippen molar-refractivity contribution >= 4 is 46.7 Å². The minimum absolute atomic E-state index is 0.0291. The summed E-state index contributed by atoms with van der Waals surface area (Å²) in [6.45, 7) is 0.659. The number of hydrogen-bond acceptors (Lipinski definition) is 3. The minimum atomic E-state index is -0.325. The van der Waals surface area contributed by atoms with Crippen LogP contribution < -0.4 is 15.8 Å². The molecule has 1 fully saturated rings. The van der Waals surface area contributed by atoms with Crippen LogP contribution >= 0.6 is 34.8 Å². The van der Waals surface area contributed by atoms with Crippen LogP contribution in [0.2, 0.25) is 15.1 Å². The van der Waals surface area contributed by atoms with Crippen LogP contribution in [0.4, 0.5) is 0 Å². The van der Waals surface area contributed by atoms with Crippen molar-refractivity contribution < 1.29 is 9.53 Å². The summed E-state index contributed by atoms with van der Waals surface area (Å²) in [6.07, 6.45) is 3.21. The second-order valence-electron chi connectivity index (χ2n) is 5.63. The van der Waals surface area contributed by atoms with Gasteiger partial charge in [0.05, 0.1) is 16.0 Å². The number of guanidine groups is 1. The highest BCUT2D eigenvalue weighted by Crippen LogP contribution is 2.37. The van der Waals surface area contributed by atoms with Gasteiger partial charge in [0.15, 0.2) is 11.7 Å². The molecule has 8 heteroatoms. The van der Waals surface area contributed by atoms with Gasteiger partial charge in [-0.1, -0.05) is 34.8 Å². The fraction of sp³-hybridized carbons (Fsp3) is 0.467. The summed E-state index contributed by atoms with van der Waals surface area (Å²) in [5, 5.41) is 10.8. The van der Waals surface area contributed by atoms with Gasteiger partial charge in [0.25, 0.3) is 0 Å². The van der Waals surface area contributed by atoms with E-state index >= 15 is 0 Å². The summed E-state index contributed by atoms with van der Waals surface area (Å²) < 4.78 is 5.37. The SMILES string of the molecule is N=C(N)NC[C@H]1CC[C@H](C(=O)Oc2c(Cl)cc(Cl)cc2Cl)CC1. The van der Waals surface area contributed by atoms with E-state index in [1.807, 2.05) is 0 Å². The van der Waals surface area contributed by atoms with Crippen LogP contribution in [0, 0.1) is 17.2 Å². The number of hydrogen-bond donors (Lipinski definition) is 3. The maximum Gasteiger partial charge on any atom is 0.314 e. The van der Waals surface area contributed by atoms with Crippen LogP contribution in [0.15, 0.2) is 12.1 Å². The Hall–Kier alpha value is -1.17. The second kappa shape index (κ2) is 8.08. The van der Waals surface area contributed by atoms with Gasteiger partial charge in [-0.3, -0.25) is 10.2 Å². The number of carbonyl (C=O) groups excluding carboxylic acids is 1. The van der Waals surface area contributed by atoms with Crippen molar-refractivity contribution in [2.75, 3.05) is 6.54 Å². The van der Waals surface area contributed by atoms with Gasteiger partial charge in [0.2, 0.25) is 0 Å². The first kappa shape index (κ1) is 18.2. The number of ether oxygens (including phenoxy) is 1. The molecule has 0 spiro atoms. The van der Waals surface area contributed by atoms with E-state index in [2.05, 4.69) is 5.32 Å². The maximum absolute atomic E-state index is 12.3.